The molecule has 1 aromatic rings. The maximum Gasteiger partial charge on any atom is 0.170 e. The lowest BCUT2D eigenvalue weighted by Crippen LogP contribution is -2.15. The highest BCUT2D eigenvalue weighted by Gasteiger charge is 2.26. The summed E-state index contributed by atoms with van der Waals surface area (Å²) in [5.74, 6) is 1.11. The normalized spacial score (nSPS) is 12.0. The first-order valence-electron chi connectivity index (χ1n) is 16.9. The molecule has 0 aromatic heterocycles. The van der Waals surface area contributed by atoms with Gasteiger partial charge in [-0.15, -0.1) is 0 Å². The van der Waals surface area contributed by atoms with Gasteiger partial charge in [-0.3, -0.25) is 9.59 Å². The monoisotopic (exact) mass is 574 g/mol. The van der Waals surface area contributed by atoms with Gasteiger partial charge in [0.25, 0.3) is 0 Å². The van der Waals surface area contributed by atoms with E-state index in [9.17, 15) is 14.2 Å². The largest absolute Gasteiger partial charge is 0.323 e. The van der Waals surface area contributed by atoms with Crippen LogP contribution in [0.1, 0.15) is 160 Å². The maximum absolute atomic E-state index is 13.9. The molecule has 4 heteroatoms. The van der Waals surface area contributed by atoms with Crippen LogP contribution in [0.4, 0.5) is 0 Å². The van der Waals surface area contributed by atoms with Crippen LogP contribution >= 0.6 is 7.14 Å². The van der Waals surface area contributed by atoms with E-state index in [1.54, 1.807) is 0 Å². The summed E-state index contributed by atoms with van der Waals surface area (Å²) >= 11 is 0. The van der Waals surface area contributed by atoms with Crippen molar-refractivity contribution in [2.75, 3.05) is 18.5 Å². The molecule has 230 valence electrons. The Kier molecular flexibility index (Phi) is 20.6. The second-order valence-electron chi connectivity index (χ2n) is 13.2. The van der Waals surface area contributed by atoms with E-state index in [2.05, 4.69) is 34.6 Å². The number of hydrogen-bond donors (Lipinski definition) is 0. The summed E-state index contributed by atoms with van der Waals surface area (Å²) in [5, 5.41) is 0. The van der Waals surface area contributed by atoms with E-state index in [1.165, 1.54) is 69.8 Å². The molecule has 1 rings (SSSR count). The average Bonchev–Trinajstić information content (AvgIpc) is 2.89. The van der Waals surface area contributed by atoms with E-state index in [0.29, 0.717) is 29.7 Å². The molecule has 0 saturated carbocycles. The van der Waals surface area contributed by atoms with E-state index >= 15 is 0 Å². The fraction of sp³-hybridized carbons (Fsp3) is 0.778. The van der Waals surface area contributed by atoms with Crippen molar-refractivity contribution in [2.24, 2.45) is 11.8 Å². The minimum Gasteiger partial charge on any atom is -0.323 e. The Morgan fingerprint density at radius 1 is 0.650 bits per heavy atom. The van der Waals surface area contributed by atoms with E-state index in [-0.39, 0.29) is 24.1 Å². The lowest BCUT2D eigenvalue weighted by Gasteiger charge is -2.18. The van der Waals surface area contributed by atoms with Gasteiger partial charge in [-0.2, -0.15) is 0 Å². The molecule has 0 amide bonds. The quantitative estimate of drug-likeness (QED) is 0.0478. The van der Waals surface area contributed by atoms with Crippen LogP contribution in [0.5, 0.6) is 0 Å². The zero-order valence-corrected chi connectivity index (χ0v) is 27.9. The minimum absolute atomic E-state index is 0.101. The molecule has 0 aliphatic carbocycles. The summed E-state index contributed by atoms with van der Waals surface area (Å²) in [7, 11) is -2.59. The molecule has 0 bridgehead atoms. The number of carbonyl (C=O) groups is 2. The van der Waals surface area contributed by atoms with Crippen LogP contribution in [0.2, 0.25) is 0 Å². The van der Waals surface area contributed by atoms with Crippen LogP contribution < -0.4 is 0 Å². The first kappa shape index (κ1) is 36.8. The fourth-order valence-electron chi connectivity index (χ4n) is 5.51. The molecule has 0 N–H and O–H groups in total. The number of benzene rings is 1. The molecule has 0 aliphatic rings. The van der Waals surface area contributed by atoms with Crippen LogP contribution in [-0.2, 0) is 15.8 Å². The molecule has 40 heavy (non-hydrogen) atoms. The lowest BCUT2D eigenvalue weighted by atomic mass is 10.0. The second-order valence-corrected chi connectivity index (χ2v) is 16.5. The third-order valence-corrected chi connectivity index (χ3v) is 11.3. The van der Waals surface area contributed by atoms with Crippen LogP contribution in [0.3, 0.4) is 0 Å². The fourth-order valence-corrected chi connectivity index (χ4v) is 8.40. The van der Waals surface area contributed by atoms with E-state index in [4.69, 9.17) is 0 Å². The molecule has 1 aromatic carbocycles. The smallest absolute Gasteiger partial charge is 0.170 e. The Hall–Kier alpha value is -1.21. The van der Waals surface area contributed by atoms with Gasteiger partial charge < -0.3 is 4.57 Å². The predicted octanol–water partition coefficient (Wildman–Crippen LogP) is 11.3. The summed E-state index contributed by atoms with van der Waals surface area (Å²) in [4.78, 5) is 25.8. The van der Waals surface area contributed by atoms with E-state index in [0.717, 1.165) is 44.9 Å². The topological polar surface area (TPSA) is 51.2 Å². The first-order valence-corrected chi connectivity index (χ1v) is 19.1. The third kappa shape index (κ3) is 19.0. The molecule has 0 fully saturated rings. The number of rotatable bonds is 26. The summed E-state index contributed by atoms with van der Waals surface area (Å²) in [6, 6.07) is 7.83. The number of unbranched alkanes of at least 4 members (excludes halogenated alkanes) is 11. The number of ketones is 2. The van der Waals surface area contributed by atoms with Crippen LogP contribution in [0, 0.1) is 11.8 Å². The first-order chi connectivity index (χ1) is 19.1. The number of carbonyl (C=O) groups excluding carboxylic acids is 2. The highest BCUT2D eigenvalue weighted by Crippen LogP contribution is 2.48. The molecule has 0 unspecified atom stereocenters. The second kappa shape index (κ2) is 22.4. The van der Waals surface area contributed by atoms with Gasteiger partial charge in [0.2, 0.25) is 0 Å². The van der Waals surface area contributed by atoms with Crippen molar-refractivity contribution >= 4 is 18.7 Å². The molecule has 0 spiro atoms. The van der Waals surface area contributed by atoms with Gasteiger partial charge in [0, 0.05) is 17.9 Å². The van der Waals surface area contributed by atoms with Crippen molar-refractivity contribution in [3.05, 3.63) is 35.4 Å². The van der Waals surface area contributed by atoms with Crippen molar-refractivity contribution in [3.63, 3.8) is 0 Å². The number of Topliss-reactive ketones (excluding diaryl/α,β-unsaturated/α-hetero) is 2. The Morgan fingerprint density at radius 3 is 1.62 bits per heavy atom. The summed E-state index contributed by atoms with van der Waals surface area (Å²) in [5.41, 5.74) is 1.86. The molecule has 0 heterocycles. The van der Waals surface area contributed by atoms with Crippen LogP contribution in [0.15, 0.2) is 24.3 Å². The standard InChI is InChI=1S/C36H63O3P/c1-6-7-8-9-10-11-12-17-22-33-23-25-34(26-24-33)36(38)29-35(37)30-40(39,27-18-13-15-20-31(2)3)28-19-14-16-21-32(4)5/h23-26,31-32H,6-22,27-30H2,1-5H3. The molecular weight excluding hydrogens is 511 g/mol. The van der Waals surface area contributed by atoms with Crippen molar-refractivity contribution in [2.45, 2.75) is 150 Å². The Balaban J connectivity index is 2.52. The number of aryl methyl sites for hydroxylation is 1. The highest BCUT2D eigenvalue weighted by molar-refractivity contribution is 7.64. The van der Waals surface area contributed by atoms with Gasteiger partial charge in [0.15, 0.2) is 5.78 Å². The molecule has 0 atom stereocenters. The highest BCUT2D eigenvalue weighted by atomic mass is 31.2. The van der Waals surface area contributed by atoms with Gasteiger partial charge in [-0.1, -0.05) is 142 Å². The Morgan fingerprint density at radius 2 is 1.12 bits per heavy atom. The Labute approximate surface area is 248 Å². The maximum atomic E-state index is 13.9. The van der Waals surface area contributed by atoms with Gasteiger partial charge >= 0.3 is 0 Å². The van der Waals surface area contributed by atoms with E-state index < -0.39 is 7.14 Å². The van der Waals surface area contributed by atoms with Gasteiger partial charge in [0.05, 0.1) is 19.7 Å². The summed E-state index contributed by atoms with van der Waals surface area (Å²) in [6.07, 6.45) is 21.5. The van der Waals surface area contributed by atoms with Gasteiger partial charge in [-0.25, -0.2) is 0 Å². The molecular formula is C36H63O3P. The van der Waals surface area contributed by atoms with Crippen molar-refractivity contribution in [3.8, 4) is 0 Å². The Bertz CT molecular complexity index is 818. The lowest BCUT2D eigenvalue weighted by molar-refractivity contribution is -0.115. The zero-order chi connectivity index (χ0) is 29.6. The SMILES string of the molecule is CCCCCCCCCCc1ccc(C(=O)CC(=O)CP(=O)(CCCCCC(C)C)CCCCCC(C)C)cc1. The molecule has 0 aliphatic heterocycles. The van der Waals surface area contributed by atoms with Gasteiger partial charge in [-0.05, 0) is 43.1 Å². The summed E-state index contributed by atoms with van der Waals surface area (Å²) in [6.45, 7) is 11.2. The van der Waals surface area contributed by atoms with Gasteiger partial charge in [0.1, 0.15) is 5.78 Å². The van der Waals surface area contributed by atoms with Crippen LogP contribution in [-0.4, -0.2) is 30.1 Å². The predicted molar refractivity (Wildman–Crippen MR) is 176 cm³/mol. The number of hydrogen-bond acceptors (Lipinski definition) is 3. The van der Waals surface area contributed by atoms with E-state index in [1.807, 2.05) is 24.3 Å². The van der Waals surface area contributed by atoms with Crippen molar-refractivity contribution in [1.29, 1.82) is 0 Å². The van der Waals surface area contributed by atoms with Crippen LogP contribution in [0.25, 0.3) is 0 Å². The third-order valence-electron chi connectivity index (χ3n) is 8.11. The average molecular weight is 575 g/mol. The molecule has 0 radical (unpaired) electrons. The summed E-state index contributed by atoms with van der Waals surface area (Å²) < 4.78 is 13.9. The molecule has 0 saturated heterocycles. The van der Waals surface area contributed by atoms with Crippen molar-refractivity contribution in [1.82, 2.24) is 0 Å². The minimum atomic E-state index is -2.59. The zero-order valence-electron chi connectivity index (χ0n) is 27.0. The molecule has 3 nitrogen and oxygen atoms in total. The van der Waals surface area contributed by atoms with Crippen molar-refractivity contribution < 1.29 is 14.2 Å².